The van der Waals surface area contributed by atoms with Gasteiger partial charge in [0.25, 0.3) is 0 Å². The Kier molecular flexibility index (Phi) is 4.15. The van der Waals surface area contributed by atoms with Crippen molar-refractivity contribution in [2.75, 3.05) is 12.4 Å². The van der Waals surface area contributed by atoms with Crippen molar-refractivity contribution in [2.45, 2.75) is 33.6 Å². The molecule has 0 saturated heterocycles. The highest BCUT2D eigenvalue weighted by molar-refractivity contribution is 5.68. The molecule has 1 aromatic carbocycles. The van der Waals surface area contributed by atoms with Gasteiger partial charge in [0, 0.05) is 18.2 Å². The van der Waals surface area contributed by atoms with E-state index in [0.29, 0.717) is 0 Å². The number of hydrogen-bond donors (Lipinski definition) is 1. The number of aromatic nitrogens is 2. The minimum Gasteiger partial charge on any atom is -0.373 e. The van der Waals surface area contributed by atoms with Crippen LogP contribution in [0.5, 0.6) is 0 Å². The van der Waals surface area contributed by atoms with E-state index < -0.39 is 0 Å². The van der Waals surface area contributed by atoms with Crippen LogP contribution >= 0.6 is 0 Å². The third-order valence-electron chi connectivity index (χ3n) is 3.26. The quantitative estimate of drug-likeness (QED) is 0.904. The second-order valence-corrected chi connectivity index (χ2v) is 4.79. The molecule has 2 rings (SSSR count). The Balaban J connectivity index is 2.43. The first-order valence-electron chi connectivity index (χ1n) is 6.78. The molecule has 0 fully saturated rings. The van der Waals surface area contributed by atoms with Crippen LogP contribution in [0.4, 0.5) is 5.82 Å². The fraction of sp³-hybridized carbons (Fsp3) is 0.375. The van der Waals surface area contributed by atoms with Crippen LogP contribution in [0.25, 0.3) is 11.3 Å². The number of benzene rings is 1. The first-order valence-corrected chi connectivity index (χ1v) is 6.78. The number of nitrogens with zero attached hydrogens (tertiary/aromatic N) is 2. The van der Waals surface area contributed by atoms with Crippen molar-refractivity contribution in [3.8, 4) is 11.3 Å². The standard InChI is InChI=1S/C16H21N3/c1-5-6-13-7-9-14(10-8-13)15-11(2)16(17-4)19-12(3)18-15/h7-10H,5-6H2,1-4H3,(H,17,18,19). The highest BCUT2D eigenvalue weighted by Crippen LogP contribution is 2.25. The number of anilines is 1. The molecule has 0 unspecified atom stereocenters. The number of hydrogen-bond acceptors (Lipinski definition) is 3. The molecule has 2 aromatic rings. The molecule has 0 radical (unpaired) electrons. The summed E-state index contributed by atoms with van der Waals surface area (Å²) in [5.74, 6) is 1.70. The molecular weight excluding hydrogens is 234 g/mol. The van der Waals surface area contributed by atoms with Gasteiger partial charge < -0.3 is 5.32 Å². The van der Waals surface area contributed by atoms with E-state index in [4.69, 9.17) is 0 Å². The van der Waals surface area contributed by atoms with E-state index in [0.717, 1.165) is 34.9 Å². The second-order valence-electron chi connectivity index (χ2n) is 4.79. The Labute approximate surface area is 115 Å². The van der Waals surface area contributed by atoms with E-state index in [1.54, 1.807) is 0 Å². The molecule has 1 aromatic heterocycles. The average molecular weight is 255 g/mol. The van der Waals surface area contributed by atoms with Crippen molar-refractivity contribution >= 4 is 5.82 Å². The molecule has 0 amide bonds. The Morgan fingerprint density at radius 3 is 2.32 bits per heavy atom. The smallest absolute Gasteiger partial charge is 0.132 e. The first kappa shape index (κ1) is 13.5. The highest BCUT2D eigenvalue weighted by Gasteiger charge is 2.09. The Bertz CT molecular complexity index is 559. The number of aryl methyl sites for hydroxylation is 2. The maximum absolute atomic E-state index is 4.58. The lowest BCUT2D eigenvalue weighted by Gasteiger charge is -2.11. The van der Waals surface area contributed by atoms with Crippen LogP contribution in [0, 0.1) is 13.8 Å². The van der Waals surface area contributed by atoms with Gasteiger partial charge in [-0.1, -0.05) is 37.6 Å². The van der Waals surface area contributed by atoms with Crippen molar-refractivity contribution in [3.63, 3.8) is 0 Å². The summed E-state index contributed by atoms with van der Waals surface area (Å²) >= 11 is 0. The molecule has 0 aliphatic rings. The van der Waals surface area contributed by atoms with E-state index in [1.165, 1.54) is 12.0 Å². The van der Waals surface area contributed by atoms with E-state index in [-0.39, 0.29) is 0 Å². The van der Waals surface area contributed by atoms with Gasteiger partial charge in [-0.05, 0) is 25.8 Å². The zero-order chi connectivity index (χ0) is 13.8. The van der Waals surface area contributed by atoms with Gasteiger partial charge in [0.05, 0.1) is 5.69 Å². The number of nitrogens with one attached hydrogen (secondary N) is 1. The molecule has 19 heavy (non-hydrogen) atoms. The lowest BCUT2D eigenvalue weighted by Crippen LogP contribution is -2.02. The van der Waals surface area contributed by atoms with Crippen molar-refractivity contribution in [2.24, 2.45) is 0 Å². The summed E-state index contributed by atoms with van der Waals surface area (Å²) < 4.78 is 0. The van der Waals surface area contributed by atoms with Gasteiger partial charge in [-0.15, -0.1) is 0 Å². The van der Waals surface area contributed by atoms with Gasteiger partial charge in [0.2, 0.25) is 0 Å². The van der Waals surface area contributed by atoms with Crippen LogP contribution in [-0.2, 0) is 6.42 Å². The monoisotopic (exact) mass is 255 g/mol. The molecule has 0 bridgehead atoms. The molecule has 1 N–H and O–H groups in total. The van der Waals surface area contributed by atoms with E-state index in [9.17, 15) is 0 Å². The second kappa shape index (κ2) is 5.83. The molecule has 3 heteroatoms. The Morgan fingerprint density at radius 1 is 1.05 bits per heavy atom. The fourth-order valence-corrected chi connectivity index (χ4v) is 2.27. The van der Waals surface area contributed by atoms with Crippen molar-refractivity contribution in [3.05, 3.63) is 41.2 Å². The molecule has 1 heterocycles. The van der Waals surface area contributed by atoms with E-state index >= 15 is 0 Å². The molecule has 0 aliphatic carbocycles. The van der Waals surface area contributed by atoms with Gasteiger partial charge in [0.15, 0.2) is 0 Å². The molecular formula is C16H21N3. The maximum atomic E-state index is 4.58. The maximum Gasteiger partial charge on any atom is 0.132 e. The van der Waals surface area contributed by atoms with Gasteiger partial charge in [-0.2, -0.15) is 0 Å². The van der Waals surface area contributed by atoms with Crippen LogP contribution in [-0.4, -0.2) is 17.0 Å². The Morgan fingerprint density at radius 2 is 1.74 bits per heavy atom. The predicted molar refractivity (Wildman–Crippen MR) is 80.5 cm³/mol. The minimum absolute atomic E-state index is 0.794. The SMILES string of the molecule is CCCc1ccc(-c2nc(C)nc(NC)c2C)cc1. The highest BCUT2D eigenvalue weighted by atomic mass is 15.0. The van der Waals surface area contributed by atoms with Crippen LogP contribution in [0.1, 0.15) is 30.3 Å². The lowest BCUT2D eigenvalue weighted by molar-refractivity contribution is 0.922. The van der Waals surface area contributed by atoms with Gasteiger partial charge in [0.1, 0.15) is 11.6 Å². The van der Waals surface area contributed by atoms with Gasteiger partial charge in [-0.3, -0.25) is 0 Å². The normalized spacial score (nSPS) is 10.5. The predicted octanol–water partition coefficient (Wildman–Crippen LogP) is 3.75. The number of rotatable bonds is 4. The van der Waals surface area contributed by atoms with Crippen LogP contribution < -0.4 is 5.32 Å². The van der Waals surface area contributed by atoms with E-state index in [1.807, 2.05) is 14.0 Å². The largest absolute Gasteiger partial charge is 0.373 e. The van der Waals surface area contributed by atoms with Crippen molar-refractivity contribution in [1.29, 1.82) is 0 Å². The minimum atomic E-state index is 0.794. The summed E-state index contributed by atoms with van der Waals surface area (Å²) in [6, 6.07) is 8.68. The van der Waals surface area contributed by atoms with Crippen molar-refractivity contribution < 1.29 is 0 Å². The summed E-state index contributed by atoms with van der Waals surface area (Å²) in [7, 11) is 1.89. The lowest BCUT2D eigenvalue weighted by atomic mass is 10.0. The van der Waals surface area contributed by atoms with Crippen molar-refractivity contribution in [1.82, 2.24) is 9.97 Å². The summed E-state index contributed by atoms with van der Waals surface area (Å²) in [4.78, 5) is 8.98. The topological polar surface area (TPSA) is 37.8 Å². The van der Waals surface area contributed by atoms with E-state index in [2.05, 4.69) is 53.4 Å². The van der Waals surface area contributed by atoms with Gasteiger partial charge >= 0.3 is 0 Å². The summed E-state index contributed by atoms with van der Waals surface area (Å²) in [5.41, 5.74) is 4.64. The van der Waals surface area contributed by atoms with Crippen LogP contribution in [0.3, 0.4) is 0 Å². The third-order valence-corrected chi connectivity index (χ3v) is 3.26. The molecule has 0 atom stereocenters. The summed E-state index contributed by atoms with van der Waals surface area (Å²) in [6.07, 6.45) is 2.30. The first-order chi connectivity index (χ1) is 9.15. The molecule has 0 spiro atoms. The zero-order valence-electron chi connectivity index (χ0n) is 12.1. The Hall–Kier alpha value is -1.90. The van der Waals surface area contributed by atoms with Gasteiger partial charge in [-0.25, -0.2) is 9.97 Å². The molecule has 100 valence electrons. The third kappa shape index (κ3) is 2.92. The van der Waals surface area contributed by atoms with Crippen LogP contribution in [0.15, 0.2) is 24.3 Å². The fourth-order valence-electron chi connectivity index (χ4n) is 2.27. The molecule has 0 aliphatic heterocycles. The average Bonchev–Trinajstić information content (AvgIpc) is 2.42. The summed E-state index contributed by atoms with van der Waals surface area (Å²) in [6.45, 7) is 6.18. The molecule has 0 saturated carbocycles. The van der Waals surface area contributed by atoms with Crippen LogP contribution in [0.2, 0.25) is 0 Å². The molecule has 3 nitrogen and oxygen atoms in total. The summed E-state index contributed by atoms with van der Waals surface area (Å²) in [5, 5.41) is 3.13. The zero-order valence-corrected chi connectivity index (χ0v) is 12.1.